The molecule has 0 spiro atoms. The summed E-state index contributed by atoms with van der Waals surface area (Å²) in [6, 6.07) is 15.1. The molecule has 2 heterocycles. The summed E-state index contributed by atoms with van der Waals surface area (Å²) in [5.41, 5.74) is 0.515. The highest BCUT2D eigenvalue weighted by Crippen LogP contribution is 2.34. The summed E-state index contributed by atoms with van der Waals surface area (Å²) in [6.07, 6.45) is -3.33. The minimum atomic E-state index is -4.77. The maximum absolute atomic E-state index is 12.6. The van der Waals surface area contributed by atoms with Gasteiger partial charge in [-0.05, 0) is 72.4 Å². The lowest BCUT2D eigenvalue weighted by Crippen LogP contribution is -2.32. The maximum atomic E-state index is 12.6. The maximum Gasteiger partial charge on any atom is 0.573 e. The lowest BCUT2D eigenvalue weighted by molar-refractivity contribution is -0.274. The summed E-state index contributed by atoms with van der Waals surface area (Å²) in [5.74, 6) is 0.431. The number of benzene rings is 2. The first kappa shape index (κ1) is 23.8. The van der Waals surface area contributed by atoms with E-state index in [9.17, 15) is 22.8 Å². The number of furan rings is 1. The van der Waals surface area contributed by atoms with Crippen LogP contribution in [-0.4, -0.2) is 35.6 Å². The number of amides is 2. The Balaban J connectivity index is 1.38. The fourth-order valence-corrected chi connectivity index (χ4v) is 3.99. The van der Waals surface area contributed by atoms with E-state index in [2.05, 4.69) is 4.74 Å². The third kappa shape index (κ3) is 5.95. The van der Waals surface area contributed by atoms with E-state index in [1.54, 1.807) is 36.4 Å². The molecule has 176 valence electrons. The van der Waals surface area contributed by atoms with Crippen molar-refractivity contribution in [3.05, 3.63) is 76.4 Å². The number of carbonyl (C=O) groups excluding carboxylic acids is 2. The molecular weight excluding hydrogens is 495 g/mol. The third-order valence-corrected chi connectivity index (χ3v) is 5.70. The first-order valence-corrected chi connectivity index (χ1v) is 11.0. The van der Waals surface area contributed by atoms with E-state index >= 15 is 0 Å². The number of thioether (sulfide) groups is 1. The zero-order chi connectivity index (χ0) is 24.3. The fourth-order valence-electron chi connectivity index (χ4n) is 3.01. The molecule has 0 atom stereocenters. The number of carbonyl (C=O) groups is 2. The molecule has 2 amide bonds. The van der Waals surface area contributed by atoms with Crippen LogP contribution in [-0.2, 0) is 4.79 Å². The van der Waals surface area contributed by atoms with Crippen LogP contribution in [0.1, 0.15) is 5.76 Å². The van der Waals surface area contributed by atoms with Gasteiger partial charge < -0.3 is 13.9 Å². The Hall–Kier alpha value is -3.37. The van der Waals surface area contributed by atoms with Crippen LogP contribution in [0.5, 0.6) is 11.5 Å². The summed E-state index contributed by atoms with van der Waals surface area (Å²) >= 11 is 6.60. The Morgan fingerprint density at radius 2 is 1.65 bits per heavy atom. The predicted octanol–water partition coefficient (Wildman–Crippen LogP) is 6.61. The molecule has 1 fully saturated rings. The molecule has 34 heavy (non-hydrogen) atoms. The number of hydrogen-bond acceptors (Lipinski definition) is 6. The molecule has 0 aliphatic carbocycles. The second-order valence-corrected chi connectivity index (χ2v) is 8.34. The van der Waals surface area contributed by atoms with Crippen LogP contribution >= 0.6 is 23.4 Å². The van der Waals surface area contributed by atoms with E-state index in [1.807, 2.05) is 0 Å². The molecule has 4 rings (SSSR count). The number of ether oxygens (including phenoxy) is 2. The number of nitrogens with zero attached hydrogens (tertiary/aromatic N) is 1. The van der Waals surface area contributed by atoms with Crippen LogP contribution in [0.3, 0.4) is 0 Å². The van der Waals surface area contributed by atoms with Crippen molar-refractivity contribution in [1.29, 1.82) is 0 Å². The quantitative estimate of drug-likeness (QED) is 0.334. The third-order valence-electron chi connectivity index (χ3n) is 4.54. The summed E-state index contributed by atoms with van der Waals surface area (Å²) in [6.45, 7) is 0.187. The van der Waals surface area contributed by atoms with Crippen molar-refractivity contribution < 1.29 is 36.7 Å². The van der Waals surface area contributed by atoms with Gasteiger partial charge in [0.25, 0.3) is 11.1 Å². The molecule has 1 aliphatic rings. The molecule has 3 aromatic rings. The molecule has 1 aromatic heterocycles. The van der Waals surface area contributed by atoms with Gasteiger partial charge in [0.15, 0.2) is 0 Å². The Morgan fingerprint density at radius 1 is 0.971 bits per heavy atom. The van der Waals surface area contributed by atoms with Crippen LogP contribution in [0.15, 0.2) is 70.0 Å². The SMILES string of the molecule is O=C1S/C(=C\c2ccc(-c3ccc(OC(F)(F)F)cc3)o2)C(=O)N1CCOc1ccc(Cl)cc1. The fraction of sp³-hybridized carbons (Fsp3) is 0.130. The van der Waals surface area contributed by atoms with Gasteiger partial charge in [-0.2, -0.15) is 0 Å². The monoisotopic (exact) mass is 509 g/mol. The average molecular weight is 510 g/mol. The van der Waals surface area contributed by atoms with Crippen molar-refractivity contribution >= 4 is 40.6 Å². The minimum Gasteiger partial charge on any atom is -0.492 e. The van der Waals surface area contributed by atoms with Crippen molar-refractivity contribution in [1.82, 2.24) is 4.90 Å². The summed E-state index contributed by atoms with van der Waals surface area (Å²) in [5, 5.41) is 0.139. The Kier molecular flexibility index (Phi) is 6.90. The van der Waals surface area contributed by atoms with Crippen LogP contribution in [0.2, 0.25) is 5.02 Å². The van der Waals surface area contributed by atoms with Crippen LogP contribution in [0.25, 0.3) is 17.4 Å². The highest BCUT2D eigenvalue weighted by molar-refractivity contribution is 8.18. The van der Waals surface area contributed by atoms with Gasteiger partial charge in [-0.25, -0.2) is 0 Å². The van der Waals surface area contributed by atoms with E-state index in [-0.39, 0.29) is 23.8 Å². The van der Waals surface area contributed by atoms with E-state index < -0.39 is 17.5 Å². The first-order valence-electron chi connectivity index (χ1n) is 9.78. The van der Waals surface area contributed by atoms with Gasteiger partial charge in [0.1, 0.15) is 29.6 Å². The highest BCUT2D eigenvalue weighted by Gasteiger charge is 2.35. The van der Waals surface area contributed by atoms with Crippen molar-refractivity contribution in [2.75, 3.05) is 13.2 Å². The van der Waals surface area contributed by atoms with Gasteiger partial charge in [-0.1, -0.05) is 11.6 Å². The average Bonchev–Trinajstić information content (AvgIpc) is 3.34. The van der Waals surface area contributed by atoms with Crippen LogP contribution in [0, 0.1) is 0 Å². The second kappa shape index (κ2) is 9.86. The molecule has 0 N–H and O–H groups in total. The second-order valence-electron chi connectivity index (χ2n) is 6.91. The minimum absolute atomic E-state index is 0.0698. The van der Waals surface area contributed by atoms with Crippen molar-refractivity contribution in [2.45, 2.75) is 6.36 Å². The molecular formula is C23H15ClF3NO5S. The van der Waals surface area contributed by atoms with Gasteiger partial charge in [0.2, 0.25) is 0 Å². The highest BCUT2D eigenvalue weighted by atomic mass is 35.5. The summed E-state index contributed by atoms with van der Waals surface area (Å²) in [7, 11) is 0. The molecule has 0 saturated carbocycles. The van der Waals surface area contributed by atoms with Gasteiger partial charge in [-0.15, -0.1) is 13.2 Å². The van der Waals surface area contributed by atoms with Crippen molar-refractivity contribution in [3.8, 4) is 22.8 Å². The number of imide groups is 1. The molecule has 1 saturated heterocycles. The Bertz CT molecular complexity index is 1220. The Labute approximate surface area is 200 Å². The molecule has 0 bridgehead atoms. The number of hydrogen-bond donors (Lipinski definition) is 0. The van der Waals surface area contributed by atoms with Crippen molar-refractivity contribution in [2.24, 2.45) is 0 Å². The number of alkyl halides is 3. The molecule has 0 radical (unpaired) electrons. The lowest BCUT2D eigenvalue weighted by atomic mass is 10.2. The van der Waals surface area contributed by atoms with E-state index in [4.69, 9.17) is 20.8 Å². The Morgan fingerprint density at radius 3 is 2.32 bits per heavy atom. The molecule has 1 aliphatic heterocycles. The van der Waals surface area contributed by atoms with E-state index in [1.165, 1.54) is 30.3 Å². The van der Waals surface area contributed by atoms with Crippen molar-refractivity contribution in [3.63, 3.8) is 0 Å². The van der Waals surface area contributed by atoms with Crippen LogP contribution in [0.4, 0.5) is 18.0 Å². The molecule has 11 heteroatoms. The van der Waals surface area contributed by atoms with Gasteiger partial charge in [0.05, 0.1) is 11.4 Å². The summed E-state index contributed by atoms with van der Waals surface area (Å²) in [4.78, 5) is 26.2. The topological polar surface area (TPSA) is 69.0 Å². The zero-order valence-electron chi connectivity index (χ0n) is 17.2. The zero-order valence-corrected chi connectivity index (χ0v) is 18.7. The molecule has 0 unspecified atom stereocenters. The largest absolute Gasteiger partial charge is 0.573 e. The smallest absolute Gasteiger partial charge is 0.492 e. The van der Waals surface area contributed by atoms with Gasteiger partial charge in [0, 0.05) is 16.7 Å². The predicted molar refractivity (Wildman–Crippen MR) is 120 cm³/mol. The number of halogens is 4. The van der Waals surface area contributed by atoms with E-state index in [0.717, 1.165) is 16.7 Å². The normalized spacial score (nSPS) is 15.3. The summed E-state index contributed by atoms with van der Waals surface area (Å²) < 4.78 is 51.9. The van der Waals surface area contributed by atoms with Gasteiger partial charge >= 0.3 is 6.36 Å². The number of rotatable bonds is 7. The van der Waals surface area contributed by atoms with Crippen LogP contribution < -0.4 is 9.47 Å². The standard InChI is InChI=1S/C23H15ClF3NO5S/c24-15-3-7-16(8-4-15)31-12-11-28-21(29)20(34-22(28)30)13-18-9-10-19(32-18)14-1-5-17(6-2-14)33-23(25,26)27/h1-10,13H,11-12H2/b20-13-. The lowest BCUT2D eigenvalue weighted by Gasteiger charge is -2.13. The molecule has 6 nitrogen and oxygen atoms in total. The molecule has 2 aromatic carbocycles. The first-order chi connectivity index (χ1) is 16.2. The van der Waals surface area contributed by atoms with E-state index in [0.29, 0.717) is 27.9 Å². The van der Waals surface area contributed by atoms with Gasteiger partial charge in [-0.3, -0.25) is 14.5 Å².